The molecule has 2 saturated heterocycles. The van der Waals surface area contributed by atoms with Crippen molar-refractivity contribution >= 4 is 23.7 Å². The van der Waals surface area contributed by atoms with E-state index in [2.05, 4.69) is 0 Å². The topological polar surface area (TPSA) is 122 Å². The van der Waals surface area contributed by atoms with Gasteiger partial charge in [0, 0.05) is 47.6 Å². The Morgan fingerprint density at radius 1 is 1.08 bits per heavy atom. The van der Waals surface area contributed by atoms with E-state index in [-0.39, 0.29) is 24.5 Å². The van der Waals surface area contributed by atoms with Crippen LogP contribution in [-0.4, -0.2) is 47.1 Å². The minimum absolute atomic E-state index is 0.106. The fourth-order valence-electron chi connectivity index (χ4n) is 8.93. The summed E-state index contributed by atoms with van der Waals surface area (Å²) in [6.07, 6.45) is 4.23. The number of furan rings is 1. The molecule has 1 aromatic rings. The number of cyclic esters (lactones) is 2. The first-order valence-electron chi connectivity index (χ1n) is 12.8. The summed E-state index contributed by atoms with van der Waals surface area (Å²) in [5.74, 6) is -2.57. The first-order valence-corrected chi connectivity index (χ1v) is 12.8. The average Bonchev–Trinajstić information content (AvgIpc) is 3.39. The Morgan fingerprint density at radius 2 is 1.81 bits per heavy atom. The molecular formula is C28H32O9. The monoisotopic (exact) mass is 512 g/mol. The lowest BCUT2D eigenvalue weighted by molar-refractivity contribution is -0.244. The second kappa shape index (κ2) is 7.12. The lowest BCUT2D eigenvalue weighted by atomic mass is 9.37. The largest absolute Gasteiger partial charge is 0.472 e. The van der Waals surface area contributed by atoms with Crippen LogP contribution < -0.4 is 0 Å². The highest BCUT2D eigenvalue weighted by atomic mass is 16.7. The van der Waals surface area contributed by atoms with Gasteiger partial charge in [-0.3, -0.25) is 9.59 Å². The number of hydrogen-bond donors (Lipinski definition) is 0. The van der Waals surface area contributed by atoms with Crippen LogP contribution in [0, 0.1) is 28.1 Å². The molecule has 1 aromatic heterocycles. The summed E-state index contributed by atoms with van der Waals surface area (Å²) in [5, 5.41) is 0. The lowest BCUT2D eigenvalue weighted by Gasteiger charge is -2.66. The van der Waals surface area contributed by atoms with E-state index in [9.17, 15) is 19.2 Å². The molecular weight excluding hydrogens is 480 g/mol. The molecule has 9 atom stereocenters. The van der Waals surface area contributed by atoms with E-state index in [0.717, 1.165) is 0 Å². The van der Waals surface area contributed by atoms with Crippen molar-refractivity contribution in [3.8, 4) is 0 Å². The first-order chi connectivity index (χ1) is 17.2. The van der Waals surface area contributed by atoms with Gasteiger partial charge in [0.05, 0.1) is 17.9 Å². The van der Waals surface area contributed by atoms with E-state index in [0.29, 0.717) is 5.56 Å². The zero-order chi connectivity index (χ0) is 26.8. The molecule has 2 saturated carbocycles. The summed E-state index contributed by atoms with van der Waals surface area (Å²) in [5.41, 5.74) is -4.42. The Morgan fingerprint density at radius 3 is 2.46 bits per heavy atom. The van der Waals surface area contributed by atoms with Gasteiger partial charge in [0.25, 0.3) is 0 Å². The molecule has 4 fully saturated rings. The quantitative estimate of drug-likeness (QED) is 0.333. The third kappa shape index (κ3) is 2.78. The van der Waals surface area contributed by atoms with Crippen LogP contribution in [0.25, 0.3) is 0 Å². The van der Waals surface area contributed by atoms with E-state index < -0.39 is 69.6 Å². The number of esters is 3. The van der Waals surface area contributed by atoms with Gasteiger partial charge < -0.3 is 23.4 Å². The number of fused-ring (bicyclic) bond motifs is 3. The normalized spacial score (nSPS) is 47.3. The summed E-state index contributed by atoms with van der Waals surface area (Å²) in [7, 11) is 0. The molecule has 9 heteroatoms. The minimum Gasteiger partial charge on any atom is -0.472 e. The number of ether oxygens (including phenoxy) is 4. The molecule has 0 amide bonds. The third-order valence-electron chi connectivity index (χ3n) is 10.2. The Labute approximate surface area is 214 Å². The van der Waals surface area contributed by atoms with Gasteiger partial charge in [-0.2, -0.15) is 0 Å². The van der Waals surface area contributed by atoms with Crippen LogP contribution in [0.5, 0.6) is 0 Å². The van der Waals surface area contributed by atoms with Crippen molar-refractivity contribution in [3.63, 3.8) is 0 Å². The number of rotatable bonds is 2. The molecule has 1 spiro atoms. The molecule has 0 bridgehead atoms. The van der Waals surface area contributed by atoms with E-state index in [4.69, 9.17) is 23.4 Å². The second-order valence-corrected chi connectivity index (χ2v) is 12.5. The van der Waals surface area contributed by atoms with E-state index in [1.54, 1.807) is 6.07 Å². The number of allylic oxidation sites excluding steroid dienone is 1. The third-order valence-corrected chi connectivity index (χ3v) is 10.2. The molecule has 9 nitrogen and oxygen atoms in total. The van der Waals surface area contributed by atoms with E-state index >= 15 is 0 Å². The van der Waals surface area contributed by atoms with Crippen LogP contribution >= 0.6 is 0 Å². The van der Waals surface area contributed by atoms with Crippen molar-refractivity contribution in [2.45, 2.75) is 83.9 Å². The smallest absolute Gasteiger partial charge is 0.339 e. The summed E-state index contributed by atoms with van der Waals surface area (Å²) in [6, 6.07) is 1.73. The highest BCUT2D eigenvalue weighted by molar-refractivity contribution is 5.94. The maximum Gasteiger partial charge on any atom is 0.339 e. The number of Topliss-reactive ketones (excluding diaryl/α,β-unsaturated/α-hetero) is 1. The zero-order valence-electron chi connectivity index (χ0n) is 21.9. The Kier molecular flexibility index (Phi) is 4.70. The van der Waals surface area contributed by atoms with E-state index in [1.807, 2.05) is 40.7 Å². The molecule has 198 valence electrons. The SMILES string of the molecule is CC(=O)OC1CC2(C)C(c3ccoc3)OC(=O)C3OC32C2(C)C(=O)CC3C(C)(C)OC(=O)C=CC3(C)C12. The van der Waals surface area contributed by atoms with Crippen LogP contribution in [0.15, 0.2) is 35.2 Å². The van der Waals surface area contributed by atoms with Crippen LogP contribution in [0.3, 0.4) is 0 Å². The van der Waals surface area contributed by atoms with Crippen LogP contribution in [-0.2, 0) is 38.1 Å². The fourth-order valence-corrected chi connectivity index (χ4v) is 8.93. The van der Waals surface area contributed by atoms with Crippen LogP contribution in [0.4, 0.5) is 0 Å². The van der Waals surface area contributed by atoms with Crippen molar-refractivity contribution in [2.24, 2.45) is 28.1 Å². The maximum atomic E-state index is 14.4. The summed E-state index contributed by atoms with van der Waals surface area (Å²) in [6.45, 7) is 10.7. The molecule has 2 aliphatic carbocycles. The number of carbonyl (C=O) groups excluding carboxylic acids is 4. The van der Waals surface area contributed by atoms with Crippen molar-refractivity contribution in [3.05, 3.63) is 36.3 Å². The zero-order valence-corrected chi connectivity index (χ0v) is 21.9. The average molecular weight is 513 g/mol. The number of carbonyl (C=O) groups is 4. The van der Waals surface area contributed by atoms with Gasteiger partial charge in [-0.05, 0) is 33.3 Å². The summed E-state index contributed by atoms with van der Waals surface area (Å²) in [4.78, 5) is 52.7. The molecule has 6 rings (SSSR count). The molecule has 0 aromatic carbocycles. The fraction of sp³-hybridized carbons (Fsp3) is 0.643. The number of epoxide rings is 1. The predicted molar refractivity (Wildman–Crippen MR) is 126 cm³/mol. The van der Waals surface area contributed by atoms with Crippen molar-refractivity contribution in [2.75, 3.05) is 0 Å². The van der Waals surface area contributed by atoms with Crippen molar-refractivity contribution < 1.29 is 42.5 Å². The van der Waals surface area contributed by atoms with Gasteiger partial charge in [-0.1, -0.05) is 19.9 Å². The highest BCUT2D eigenvalue weighted by Crippen LogP contribution is 2.78. The first kappa shape index (κ1) is 24.4. The summed E-state index contributed by atoms with van der Waals surface area (Å²) < 4.78 is 29.4. The summed E-state index contributed by atoms with van der Waals surface area (Å²) >= 11 is 0. The molecule has 5 aliphatic rings. The number of ketones is 1. The van der Waals surface area contributed by atoms with Gasteiger partial charge in [0.1, 0.15) is 29.2 Å². The van der Waals surface area contributed by atoms with Gasteiger partial charge in [-0.25, -0.2) is 9.59 Å². The van der Waals surface area contributed by atoms with Crippen molar-refractivity contribution in [1.29, 1.82) is 0 Å². The Hall–Kier alpha value is -2.94. The van der Waals surface area contributed by atoms with E-state index in [1.165, 1.54) is 25.5 Å². The number of hydrogen-bond acceptors (Lipinski definition) is 9. The van der Waals surface area contributed by atoms with Gasteiger partial charge >= 0.3 is 17.9 Å². The minimum atomic E-state index is -1.23. The molecule has 0 N–H and O–H groups in total. The Balaban J connectivity index is 1.60. The van der Waals surface area contributed by atoms with Crippen molar-refractivity contribution in [1.82, 2.24) is 0 Å². The molecule has 9 unspecified atom stereocenters. The lowest BCUT2D eigenvalue weighted by Crippen LogP contribution is -2.74. The predicted octanol–water partition coefficient (Wildman–Crippen LogP) is 3.47. The van der Waals surface area contributed by atoms with Crippen LogP contribution in [0.2, 0.25) is 0 Å². The van der Waals surface area contributed by atoms with Gasteiger partial charge in [0.15, 0.2) is 6.10 Å². The molecule has 37 heavy (non-hydrogen) atoms. The highest BCUT2D eigenvalue weighted by Gasteiger charge is 2.89. The molecule has 3 aliphatic heterocycles. The standard InChI is InChI=1S/C28H32O9/c1-14(29)34-16-12-26(5)21(15-8-10-33-13-15)35-23(32)22-28(26,37-22)27(6)18(30)11-17-24(2,3)36-19(31)7-9-25(17,4)20(16)27/h7-10,13,16-17,20-22H,11-12H2,1-6H3. The van der Waals surface area contributed by atoms with Gasteiger partial charge in [-0.15, -0.1) is 0 Å². The maximum absolute atomic E-state index is 14.4. The second-order valence-electron chi connectivity index (χ2n) is 12.5. The van der Waals surface area contributed by atoms with Crippen LogP contribution in [0.1, 0.15) is 66.1 Å². The molecule has 0 radical (unpaired) electrons. The molecule has 4 heterocycles. The Bertz CT molecular complexity index is 1250. The van der Waals surface area contributed by atoms with Gasteiger partial charge in [0.2, 0.25) is 0 Å².